The van der Waals surface area contributed by atoms with Crippen molar-refractivity contribution in [1.82, 2.24) is 5.32 Å². The van der Waals surface area contributed by atoms with Crippen LogP contribution >= 0.6 is 0 Å². The van der Waals surface area contributed by atoms with Crippen LogP contribution in [-0.4, -0.2) is 45.2 Å². The first-order valence-electron chi connectivity index (χ1n) is 10.8. The van der Waals surface area contributed by atoms with E-state index in [0.717, 1.165) is 30.5 Å². The molecule has 1 N–H and O–H groups in total. The number of benzene rings is 2. The number of fused-ring (bicyclic) bond motifs is 5. The highest BCUT2D eigenvalue weighted by atomic mass is 16.6. The minimum absolute atomic E-state index is 0.107. The number of anilines is 1. The topological polar surface area (TPSA) is 77.1 Å². The highest BCUT2D eigenvalue weighted by molar-refractivity contribution is 6.14. The molecule has 0 aliphatic carbocycles. The van der Waals surface area contributed by atoms with Gasteiger partial charge in [0.25, 0.3) is 5.91 Å². The zero-order valence-corrected chi connectivity index (χ0v) is 17.8. The summed E-state index contributed by atoms with van der Waals surface area (Å²) in [6.07, 6.45) is 3.08. The lowest BCUT2D eigenvalue weighted by molar-refractivity contribution is -0.121. The van der Waals surface area contributed by atoms with Gasteiger partial charge in [-0.15, -0.1) is 0 Å². The van der Waals surface area contributed by atoms with Crippen LogP contribution < -0.4 is 24.4 Å². The smallest absolute Gasteiger partial charge is 0.251 e. The number of carbonyl (C=O) groups is 2. The molecule has 162 valence electrons. The number of unbranched alkanes of at least 4 members (excludes halogenated alkanes) is 2. The molecule has 31 heavy (non-hydrogen) atoms. The Morgan fingerprint density at radius 2 is 1.87 bits per heavy atom. The van der Waals surface area contributed by atoms with Crippen molar-refractivity contribution in [1.29, 1.82) is 0 Å². The van der Waals surface area contributed by atoms with Gasteiger partial charge in [-0.25, -0.2) is 0 Å². The van der Waals surface area contributed by atoms with Crippen LogP contribution in [0.15, 0.2) is 30.3 Å². The SMILES string of the molecule is CCCCCNC(=O)c1cccc2c1C1(COc3cc4c(cc31)OCCO4)C(=O)N2C. The van der Waals surface area contributed by atoms with Crippen LogP contribution in [-0.2, 0) is 10.2 Å². The van der Waals surface area contributed by atoms with E-state index < -0.39 is 5.41 Å². The van der Waals surface area contributed by atoms with E-state index in [2.05, 4.69) is 12.2 Å². The lowest BCUT2D eigenvalue weighted by Gasteiger charge is -2.25. The van der Waals surface area contributed by atoms with Crippen molar-refractivity contribution in [2.75, 3.05) is 38.3 Å². The molecule has 0 radical (unpaired) electrons. The Bertz CT molecular complexity index is 1070. The molecule has 2 aromatic carbocycles. The van der Waals surface area contributed by atoms with E-state index in [4.69, 9.17) is 14.2 Å². The minimum Gasteiger partial charge on any atom is -0.491 e. The first-order valence-corrected chi connectivity index (χ1v) is 10.8. The third-order valence-corrected chi connectivity index (χ3v) is 6.36. The molecule has 0 bridgehead atoms. The van der Waals surface area contributed by atoms with Crippen molar-refractivity contribution in [2.45, 2.75) is 31.6 Å². The summed E-state index contributed by atoms with van der Waals surface area (Å²) in [5, 5.41) is 3.02. The molecular formula is C24H26N2O5. The zero-order valence-electron chi connectivity index (χ0n) is 17.8. The summed E-state index contributed by atoms with van der Waals surface area (Å²) in [5.74, 6) is 1.53. The van der Waals surface area contributed by atoms with E-state index in [1.807, 2.05) is 18.2 Å². The number of nitrogens with one attached hydrogen (secondary N) is 1. The van der Waals surface area contributed by atoms with E-state index in [1.165, 1.54) is 0 Å². The number of hydrogen-bond donors (Lipinski definition) is 1. The molecule has 7 nitrogen and oxygen atoms in total. The fourth-order valence-corrected chi connectivity index (χ4v) is 4.80. The van der Waals surface area contributed by atoms with Crippen LogP contribution in [0.3, 0.4) is 0 Å². The Balaban J connectivity index is 1.61. The molecule has 3 aliphatic rings. The van der Waals surface area contributed by atoms with Crippen LogP contribution in [0.25, 0.3) is 0 Å². The molecule has 0 fully saturated rings. The minimum atomic E-state index is -1.08. The molecule has 1 unspecified atom stereocenters. The molecule has 3 heterocycles. The van der Waals surface area contributed by atoms with Gasteiger partial charge in [0.2, 0.25) is 5.91 Å². The molecule has 7 heteroatoms. The summed E-state index contributed by atoms with van der Waals surface area (Å²) in [5.41, 5.74) is 1.59. The van der Waals surface area contributed by atoms with E-state index in [1.54, 1.807) is 24.1 Å². The number of likely N-dealkylation sites (N-methyl/N-ethyl adjacent to an activating group) is 1. The van der Waals surface area contributed by atoms with Gasteiger partial charge in [0, 0.05) is 42.0 Å². The van der Waals surface area contributed by atoms with Crippen molar-refractivity contribution in [3.8, 4) is 17.2 Å². The summed E-state index contributed by atoms with van der Waals surface area (Å²) in [6.45, 7) is 3.81. The maximum Gasteiger partial charge on any atom is 0.251 e. The normalized spacial score (nSPS) is 20.5. The first-order chi connectivity index (χ1) is 15.1. The number of rotatable bonds is 5. The Kier molecular flexibility index (Phi) is 4.76. The number of hydrogen-bond acceptors (Lipinski definition) is 5. The lowest BCUT2D eigenvalue weighted by Crippen LogP contribution is -2.42. The summed E-state index contributed by atoms with van der Waals surface area (Å²) in [7, 11) is 1.74. The Morgan fingerprint density at radius 3 is 2.65 bits per heavy atom. The van der Waals surface area contributed by atoms with Gasteiger partial charge < -0.3 is 24.4 Å². The predicted octanol–water partition coefficient (Wildman–Crippen LogP) is 3.03. The van der Waals surface area contributed by atoms with Crippen LogP contribution in [0.5, 0.6) is 17.2 Å². The Morgan fingerprint density at radius 1 is 1.10 bits per heavy atom. The summed E-state index contributed by atoms with van der Waals surface area (Å²) >= 11 is 0. The van der Waals surface area contributed by atoms with Crippen LogP contribution in [0.1, 0.15) is 47.7 Å². The second-order valence-corrected chi connectivity index (χ2v) is 8.21. The molecule has 5 rings (SSSR count). The van der Waals surface area contributed by atoms with Gasteiger partial charge in [-0.05, 0) is 24.6 Å². The Labute approximate surface area is 181 Å². The fraction of sp³-hybridized carbons (Fsp3) is 0.417. The maximum absolute atomic E-state index is 13.6. The molecule has 2 aromatic rings. The van der Waals surface area contributed by atoms with Crippen molar-refractivity contribution in [3.63, 3.8) is 0 Å². The van der Waals surface area contributed by atoms with Crippen molar-refractivity contribution in [2.24, 2.45) is 0 Å². The van der Waals surface area contributed by atoms with Gasteiger partial charge in [-0.3, -0.25) is 9.59 Å². The highest BCUT2D eigenvalue weighted by Crippen LogP contribution is 2.55. The average molecular weight is 422 g/mol. The first kappa shape index (κ1) is 19.7. The quantitative estimate of drug-likeness (QED) is 0.750. The predicted molar refractivity (Wildman–Crippen MR) is 115 cm³/mol. The summed E-state index contributed by atoms with van der Waals surface area (Å²) < 4.78 is 17.5. The largest absolute Gasteiger partial charge is 0.491 e. The van der Waals surface area contributed by atoms with E-state index >= 15 is 0 Å². The summed E-state index contributed by atoms with van der Waals surface area (Å²) in [4.78, 5) is 28.4. The summed E-state index contributed by atoms with van der Waals surface area (Å²) in [6, 6.07) is 9.12. The van der Waals surface area contributed by atoms with Gasteiger partial charge in [0.1, 0.15) is 31.0 Å². The van der Waals surface area contributed by atoms with Gasteiger partial charge in [0.05, 0.1) is 0 Å². The monoisotopic (exact) mass is 422 g/mol. The number of ether oxygens (including phenoxy) is 3. The van der Waals surface area contributed by atoms with E-state index in [9.17, 15) is 9.59 Å². The van der Waals surface area contributed by atoms with Gasteiger partial charge in [-0.2, -0.15) is 0 Å². The van der Waals surface area contributed by atoms with Gasteiger partial charge in [-0.1, -0.05) is 25.8 Å². The fourth-order valence-electron chi connectivity index (χ4n) is 4.80. The Hall–Kier alpha value is -3.22. The van der Waals surface area contributed by atoms with Gasteiger partial charge >= 0.3 is 0 Å². The van der Waals surface area contributed by atoms with Crippen LogP contribution in [0.2, 0.25) is 0 Å². The molecular weight excluding hydrogens is 396 g/mol. The maximum atomic E-state index is 13.6. The molecule has 1 spiro atoms. The van der Waals surface area contributed by atoms with E-state index in [0.29, 0.717) is 48.1 Å². The molecule has 0 saturated carbocycles. The van der Waals surface area contributed by atoms with Crippen molar-refractivity contribution in [3.05, 3.63) is 47.0 Å². The highest BCUT2D eigenvalue weighted by Gasteiger charge is 2.58. The van der Waals surface area contributed by atoms with Gasteiger partial charge in [0.15, 0.2) is 11.5 Å². The molecule has 0 saturated heterocycles. The number of nitrogens with zero attached hydrogens (tertiary/aromatic N) is 1. The van der Waals surface area contributed by atoms with Crippen LogP contribution in [0.4, 0.5) is 5.69 Å². The number of carbonyl (C=O) groups excluding carboxylic acids is 2. The second kappa shape index (κ2) is 7.48. The molecule has 3 aliphatic heterocycles. The third-order valence-electron chi connectivity index (χ3n) is 6.36. The van der Waals surface area contributed by atoms with Crippen LogP contribution in [0, 0.1) is 0 Å². The molecule has 1 atom stereocenters. The van der Waals surface area contributed by atoms with E-state index in [-0.39, 0.29) is 18.4 Å². The lowest BCUT2D eigenvalue weighted by atomic mass is 9.75. The van der Waals surface area contributed by atoms with Crippen molar-refractivity contribution < 1.29 is 23.8 Å². The molecule has 2 amide bonds. The molecule has 0 aromatic heterocycles. The standard InChI is InChI=1S/C24H26N2O5/c1-3-4-5-9-25-22(27)15-7-6-8-17-21(15)24(23(28)26(17)2)14-31-18-13-20-19(12-16(18)24)29-10-11-30-20/h6-8,12-13H,3-5,9-11,14H2,1-2H3,(H,25,27). The third kappa shape index (κ3) is 2.86. The van der Waals surface area contributed by atoms with Crippen molar-refractivity contribution >= 4 is 17.5 Å². The second-order valence-electron chi connectivity index (χ2n) is 8.21. The zero-order chi connectivity index (χ0) is 21.6. The number of amides is 2. The average Bonchev–Trinajstić information content (AvgIpc) is 3.27.